The lowest BCUT2D eigenvalue weighted by Crippen LogP contribution is -2.37. The average Bonchev–Trinajstić information content (AvgIpc) is 2.42. The van der Waals surface area contributed by atoms with Gasteiger partial charge < -0.3 is 10.6 Å². The third kappa shape index (κ3) is 2.90. The summed E-state index contributed by atoms with van der Waals surface area (Å²) in [7, 11) is 0. The summed E-state index contributed by atoms with van der Waals surface area (Å²) in [4.78, 5) is 2.45. The molecule has 0 spiro atoms. The van der Waals surface area contributed by atoms with Gasteiger partial charge in [-0.3, -0.25) is 0 Å². The molecule has 2 nitrogen and oxygen atoms in total. The highest BCUT2D eigenvalue weighted by Crippen LogP contribution is 2.33. The van der Waals surface area contributed by atoms with Crippen molar-refractivity contribution in [3.8, 4) is 0 Å². The van der Waals surface area contributed by atoms with Crippen LogP contribution in [0.15, 0.2) is 24.3 Å². The van der Waals surface area contributed by atoms with E-state index in [0.29, 0.717) is 12.5 Å². The lowest BCUT2D eigenvalue weighted by atomic mass is 9.80. The van der Waals surface area contributed by atoms with Crippen LogP contribution < -0.4 is 5.73 Å². The van der Waals surface area contributed by atoms with Crippen LogP contribution in [0.25, 0.3) is 0 Å². The number of piperidine rings is 1. The van der Waals surface area contributed by atoms with E-state index in [1.165, 1.54) is 0 Å². The van der Waals surface area contributed by atoms with Crippen molar-refractivity contribution < 1.29 is 4.39 Å². The Morgan fingerprint density at radius 1 is 1.33 bits per heavy atom. The molecule has 2 rings (SSSR count). The van der Waals surface area contributed by atoms with E-state index in [-0.39, 0.29) is 11.7 Å². The summed E-state index contributed by atoms with van der Waals surface area (Å²) in [5.74, 6) is 0.589. The minimum atomic E-state index is -0.106. The zero-order chi connectivity index (χ0) is 13.0. The summed E-state index contributed by atoms with van der Waals surface area (Å²) < 4.78 is 13.9. The van der Waals surface area contributed by atoms with Crippen molar-refractivity contribution in [2.75, 3.05) is 26.2 Å². The van der Waals surface area contributed by atoms with Gasteiger partial charge in [-0.25, -0.2) is 4.39 Å². The predicted molar refractivity (Wildman–Crippen MR) is 73.0 cm³/mol. The average molecular weight is 250 g/mol. The maximum atomic E-state index is 13.9. The summed E-state index contributed by atoms with van der Waals surface area (Å²) >= 11 is 0. The molecule has 1 unspecified atom stereocenters. The molecule has 3 heteroatoms. The van der Waals surface area contributed by atoms with Crippen LogP contribution in [0.1, 0.15) is 31.2 Å². The zero-order valence-electron chi connectivity index (χ0n) is 11.1. The summed E-state index contributed by atoms with van der Waals surface area (Å²) in [6, 6.07) is 7.08. The molecule has 0 aliphatic carbocycles. The van der Waals surface area contributed by atoms with Crippen molar-refractivity contribution >= 4 is 0 Å². The SMILES string of the molecule is CCN1CCC(C(CN)c2ccccc2F)CC1. The minimum absolute atomic E-state index is 0.106. The highest BCUT2D eigenvalue weighted by Gasteiger charge is 2.27. The molecule has 18 heavy (non-hydrogen) atoms. The second-order valence-corrected chi connectivity index (χ2v) is 5.14. The normalized spacial score (nSPS) is 19.9. The fourth-order valence-corrected chi connectivity index (χ4v) is 3.02. The van der Waals surface area contributed by atoms with Crippen molar-refractivity contribution in [2.24, 2.45) is 11.7 Å². The fraction of sp³-hybridized carbons (Fsp3) is 0.600. The van der Waals surface area contributed by atoms with E-state index >= 15 is 0 Å². The molecule has 1 atom stereocenters. The van der Waals surface area contributed by atoms with E-state index in [1.54, 1.807) is 12.1 Å². The van der Waals surface area contributed by atoms with Gasteiger partial charge in [0.25, 0.3) is 0 Å². The van der Waals surface area contributed by atoms with E-state index in [1.807, 2.05) is 12.1 Å². The maximum Gasteiger partial charge on any atom is 0.126 e. The molecule has 1 aromatic rings. The van der Waals surface area contributed by atoms with E-state index in [9.17, 15) is 4.39 Å². The first-order valence-corrected chi connectivity index (χ1v) is 6.93. The van der Waals surface area contributed by atoms with Gasteiger partial charge in [-0.15, -0.1) is 0 Å². The molecule has 0 saturated carbocycles. The first-order chi connectivity index (χ1) is 8.76. The quantitative estimate of drug-likeness (QED) is 0.890. The molecule has 0 bridgehead atoms. The van der Waals surface area contributed by atoms with Crippen molar-refractivity contribution in [3.05, 3.63) is 35.6 Å². The van der Waals surface area contributed by atoms with Gasteiger partial charge in [-0.1, -0.05) is 25.1 Å². The molecular formula is C15H23FN2. The third-order valence-corrected chi connectivity index (χ3v) is 4.21. The zero-order valence-corrected chi connectivity index (χ0v) is 11.1. The molecule has 0 radical (unpaired) electrons. The number of nitrogens with two attached hydrogens (primary N) is 1. The first-order valence-electron chi connectivity index (χ1n) is 6.93. The Morgan fingerprint density at radius 2 is 2.00 bits per heavy atom. The second kappa shape index (κ2) is 6.30. The fourth-order valence-electron chi connectivity index (χ4n) is 3.02. The van der Waals surface area contributed by atoms with Gasteiger partial charge in [0.05, 0.1) is 0 Å². The predicted octanol–water partition coefficient (Wildman–Crippen LogP) is 2.60. The standard InChI is InChI=1S/C15H23FN2/c1-2-18-9-7-12(8-10-18)14(11-17)13-5-3-4-6-15(13)16/h3-6,12,14H,2,7-11,17H2,1H3. The number of hydrogen-bond acceptors (Lipinski definition) is 2. The lowest BCUT2D eigenvalue weighted by molar-refractivity contribution is 0.175. The summed E-state index contributed by atoms with van der Waals surface area (Å²) in [6.07, 6.45) is 2.26. The van der Waals surface area contributed by atoms with Crippen LogP contribution in [0.2, 0.25) is 0 Å². The van der Waals surface area contributed by atoms with Gasteiger partial charge >= 0.3 is 0 Å². The van der Waals surface area contributed by atoms with Crippen LogP contribution in [-0.4, -0.2) is 31.1 Å². The van der Waals surface area contributed by atoms with Crippen molar-refractivity contribution in [3.63, 3.8) is 0 Å². The smallest absolute Gasteiger partial charge is 0.126 e. The molecule has 100 valence electrons. The molecular weight excluding hydrogens is 227 g/mol. The lowest BCUT2D eigenvalue weighted by Gasteiger charge is -2.35. The summed E-state index contributed by atoms with van der Waals surface area (Å²) in [5, 5.41) is 0. The number of benzene rings is 1. The van der Waals surface area contributed by atoms with Gasteiger partial charge in [-0.05, 0) is 56.6 Å². The molecule has 1 saturated heterocycles. The Hall–Kier alpha value is -0.930. The highest BCUT2D eigenvalue weighted by molar-refractivity contribution is 5.23. The Kier molecular flexibility index (Phi) is 4.72. The molecule has 1 aliphatic heterocycles. The Labute approximate surface area is 109 Å². The van der Waals surface area contributed by atoms with E-state index < -0.39 is 0 Å². The van der Waals surface area contributed by atoms with Crippen LogP contribution >= 0.6 is 0 Å². The minimum Gasteiger partial charge on any atom is -0.330 e. The van der Waals surface area contributed by atoms with Gasteiger partial charge in [0.15, 0.2) is 0 Å². The van der Waals surface area contributed by atoms with Crippen molar-refractivity contribution in [1.82, 2.24) is 4.90 Å². The number of hydrogen-bond donors (Lipinski definition) is 1. The third-order valence-electron chi connectivity index (χ3n) is 4.21. The summed E-state index contributed by atoms with van der Waals surface area (Å²) in [5.41, 5.74) is 6.69. The first kappa shape index (κ1) is 13.5. The van der Waals surface area contributed by atoms with Crippen LogP contribution in [0.4, 0.5) is 4.39 Å². The molecule has 1 fully saturated rings. The Balaban J connectivity index is 2.08. The van der Waals surface area contributed by atoms with Gasteiger partial charge in [0.2, 0.25) is 0 Å². The number of nitrogens with zero attached hydrogens (tertiary/aromatic N) is 1. The van der Waals surface area contributed by atoms with Crippen LogP contribution in [0, 0.1) is 11.7 Å². The van der Waals surface area contributed by atoms with E-state index in [0.717, 1.165) is 38.0 Å². The molecule has 2 N–H and O–H groups in total. The molecule has 1 heterocycles. The highest BCUT2D eigenvalue weighted by atomic mass is 19.1. The largest absolute Gasteiger partial charge is 0.330 e. The Morgan fingerprint density at radius 3 is 2.56 bits per heavy atom. The monoisotopic (exact) mass is 250 g/mol. The van der Waals surface area contributed by atoms with E-state index in [2.05, 4.69) is 11.8 Å². The number of halogens is 1. The Bertz CT molecular complexity index is 373. The van der Waals surface area contributed by atoms with Crippen molar-refractivity contribution in [2.45, 2.75) is 25.7 Å². The molecule has 0 amide bonds. The maximum absolute atomic E-state index is 13.9. The molecule has 1 aliphatic rings. The van der Waals surface area contributed by atoms with Gasteiger partial charge in [0, 0.05) is 5.92 Å². The van der Waals surface area contributed by atoms with Crippen LogP contribution in [-0.2, 0) is 0 Å². The van der Waals surface area contributed by atoms with Crippen LogP contribution in [0.5, 0.6) is 0 Å². The van der Waals surface area contributed by atoms with Crippen molar-refractivity contribution in [1.29, 1.82) is 0 Å². The van der Waals surface area contributed by atoms with Crippen LogP contribution in [0.3, 0.4) is 0 Å². The molecule has 0 aromatic heterocycles. The number of likely N-dealkylation sites (tertiary alicyclic amines) is 1. The summed E-state index contributed by atoms with van der Waals surface area (Å²) in [6.45, 7) is 6.08. The second-order valence-electron chi connectivity index (χ2n) is 5.14. The van der Waals surface area contributed by atoms with Gasteiger partial charge in [0.1, 0.15) is 5.82 Å². The topological polar surface area (TPSA) is 29.3 Å². The van der Waals surface area contributed by atoms with Gasteiger partial charge in [-0.2, -0.15) is 0 Å². The van der Waals surface area contributed by atoms with E-state index in [4.69, 9.17) is 5.73 Å². The number of rotatable bonds is 4. The molecule has 1 aromatic carbocycles.